The van der Waals surface area contributed by atoms with Gasteiger partial charge in [-0.2, -0.15) is 5.10 Å². The largest absolute Gasteiger partial charge is 0.350 e. The van der Waals surface area contributed by atoms with Crippen molar-refractivity contribution < 1.29 is 9.72 Å². The second kappa shape index (κ2) is 6.11. The summed E-state index contributed by atoms with van der Waals surface area (Å²) in [7, 11) is 0. The predicted molar refractivity (Wildman–Crippen MR) is 70.5 cm³/mol. The molecule has 0 fully saturated rings. The van der Waals surface area contributed by atoms with Crippen LogP contribution in [0, 0.1) is 10.1 Å². The van der Waals surface area contributed by atoms with Crippen molar-refractivity contribution in [3.63, 3.8) is 0 Å². The van der Waals surface area contributed by atoms with Crippen LogP contribution in [0.1, 0.15) is 10.4 Å². The van der Waals surface area contributed by atoms with Gasteiger partial charge in [0, 0.05) is 18.3 Å². The smallest absolute Gasteiger partial charge is 0.306 e. The van der Waals surface area contributed by atoms with E-state index in [1.54, 1.807) is 6.07 Å². The number of hydrogen-bond donors (Lipinski definition) is 1. The third-order valence-corrected chi connectivity index (χ3v) is 2.65. The fourth-order valence-corrected chi connectivity index (χ4v) is 1.67. The number of pyridine rings is 1. The Labute approximate surface area is 118 Å². The number of nitrogens with one attached hydrogen (secondary N) is 1. The summed E-state index contributed by atoms with van der Waals surface area (Å²) in [5, 5.41) is 17.2. The molecule has 2 aromatic rings. The minimum atomic E-state index is -0.527. The van der Waals surface area contributed by atoms with Crippen LogP contribution in [0.15, 0.2) is 30.7 Å². The molecule has 0 aromatic carbocycles. The van der Waals surface area contributed by atoms with Crippen LogP contribution in [0.5, 0.6) is 0 Å². The summed E-state index contributed by atoms with van der Waals surface area (Å²) in [4.78, 5) is 25.5. The summed E-state index contributed by atoms with van der Waals surface area (Å²) in [6.45, 7) is 0.621. The van der Waals surface area contributed by atoms with Gasteiger partial charge in [-0.15, -0.1) is 0 Å². The van der Waals surface area contributed by atoms with Gasteiger partial charge in [-0.05, 0) is 12.1 Å². The van der Waals surface area contributed by atoms with Crippen LogP contribution in [-0.4, -0.2) is 32.1 Å². The fraction of sp³-hybridized carbons (Fsp3) is 0.182. The van der Waals surface area contributed by atoms with Gasteiger partial charge in [0.2, 0.25) is 0 Å². The van der Waals surface area contributed by atoms with Crippen LogP contribution >= 0.6 is 11.6 Å². The number of rotatable bonds is 5. The minimum absolute atomic E-state index is 0.0859. The molecule has 2 aromatic heterocycles. The number of amides is 1. The Morgan fingerprint density at radius 3 is 3.00 bits per heavy atom. The highest BCUT2D eigenvalue weighted by molar-refractivity contribution is 6.29. The lowest BCUT2D eigenvalue weighted by Crippen LogP contribution is -2.27. The normalized spacial score (nSPS) is 10.2. The van der Waals surface area contributed by atoms with Crippen molar-refractivity contribution in [3.8, 4) is 0 Å². The molecule has 0 aliphatic rings. The van der Waals surface area contributed by atoms with E-state index in [0.29, 0.717) is 12.1 Å². The standard InChI is InChI=1S/C11H10ClN5O3/c12-10-5-8(1-2-13-10)11(18)14-3-4-16-7-9(6-15-16)17(19)20/h1-2,5-7H,3-4H2,(H,14,18). The monoisotopic (exact) mass is 295 g/mol. The van der Waals surface area contributed by atoms with Gasteiger partial charge in [0.15, 0.2) is 0 Å². The van der Waals surface area contributed by atoms with Crippen LogP contribution < -0.4 is 5.32 Å². The molecule has 0 aliphatic heterocycles. The molecule has 20 heavy (non-hydrogen) atoms. The van der Waals surface area contributed by atoms with Crippen LogP contribution in [0.25, 0.3) is 0 Å². The number of hydrogen-bond acceptors (Lipinski definition) is 5. The first kappa shape index (κ1) is 13.9. The maximum atomic E-state index is 11.8. The van der Waals surface area contributed by atoms with Crippen molar-refractivity contribution in [2.45, 2.75) is 6.54 Å². The van der Waals surface area contributed by atoms with Crippen LogP contribution in [0.2, 0.25) is 5.15 Å². The van der Waals surface area contributed by atoms with Gasteiger partial charge in [0.1, 0.15) is 17.5 Å². The molecule has 2 heterocycles. The Kier molecular flexibility index (Phi) is 4.26. The van der Waals surface area contributed by atoms with Gasteiger partial charge in [-0.25, -0.2) is 4.98 Å². The molecule has 0 radical (unpaired) electrons. The van der Waals surface area contributed by atoms with E-state index in [9.17, 15) is 14.9 Å². The highest BCUT2D eigenvalue weighted by Gasteiger charge is 2.09. The zero-order valence-electron chi connectivity index (χ0n) is 10.2. The molecule has 1 N–H and O–H groups in total. The average Bonchev–Trinajstić information content (AvgIpc) is 2.87. The van der Waals surface area contributed by atoms with Crippen molar-refractivity contribution in [3.05, 3.63) is 51.6 Å². The van der Waals surface area contributed by atoms with Gasteiger partial charge >= 0.3 is 5.69 Å². The number of carbonyl (C=O) groups excluding carboxylic acids is 1. The third kappa shape index (κ3) is 3.51. The molecule has 8 nitrogen and oxygen atoms in total. The van der Waals surface area contributed by atoms with E-state index in [1.165, 1.54) is 23.1 Å². The summed E-state index contributed by atoms with van der Waals surface area (Å²) in [6, 6.07) is 3.00. The van der Waals surface area contributed by atoms with Gasteiger partial charge in [0.25, 0.3) is 5.91 Å². The van der Waals surface area contributed by atoms with Crippen LogP contribution in [0.4, 0.5) is 5.69 Å². The molecular weight excluding hydrogens is 286 g/mol. The SMILES string of the molecule is O=C(NCCn1cc([N+](=O)[O-])cn1)c1ccnc(Cl)c1. The topological polar surface area (TPSA) is 103 Å². The molecule has 0 aliphatic carbocycles. The maximum absolute atomic E-state index is 11.8. The van der Waals surface area contributed by atoms with Crippen molar-refractivity contribution in [2.75, 3.05) is 6.54 Å². The molecule has 0 spiro atoms. The van der Waals surface area contributed by atoms with Crippen LogP contribution in [0.3, 0.4) is 0 Å². The number of nitrogens with zero attached hydrogens (tertiary/aromatic N) is 4. The first-order valence-electron chi connectivity index (χ1n) is 5.63. The molecule has 0 saturated heterocycles. The van der Waals surface area contributed by atoms with E-state index in [-0.39, 0.29) is 23.3 Å². The summed E-state index contributed by atoms with van der Waals surface area (Å²) in [5.74, 6) is -0.295. The number of carbonyl (C=O) groups is 1. The molecule has 9 heteroatoms. The maximum Gasteiger partial charge on any atom is 0.306 e. The first-order chi connectivity index (χ1) is 9.56. The van der Waals surface area contributed by atoms with E-state index < -0.39 is 4.92 Å². The Balaban J connectivity index is 1.86. The summed E-state index contributed by atoms with van der Waals surface area (Å²) >= 11 is 5.68. The summed E-state index contributed by atoms with van der Waals surface area (Å²) in [5.41, 5.74) is 0.314. The lowest BCUT2D eigenvalue weighted by atomic mass is 10.2. The highest BCUT2D eigenvalue weighted by atomic mass is 35.5. The minimum Gasteiger partial charge on any atom is -0.350 e. The second-order valence-electron chi connectivity index (χ2n) is 3.84. The highest BCUT2D eigenvalue weighted by Crippen LogP contribution is 2.08. The summed E-state index contributed by atoms with van der Waals surface area (Å²) < 4.78 is 1.39. The molecule has 0 saturated carbocycles. The molecule has 104 valence electrons. The zero-order valence-corrected chi connectivity index (χ0v) is 10.9. The van der Waals surface area contributed by atoms with Gasteiger partial charge in [0.05, 0.1) is 11.5 Å². The first-order valence-corrected chi connectivity index (χ1v) is 6.00. The van der Waals surface area contributed by atoms with E-state index >= 15 is 0 Å². The van der Waals surface area contributed by atoms with Crippen molar-refractivity contribution in [2.24, 2.45) is 0 Å². The molecule has 0 atom stereocenters. The Hall–Kier alpha value is -2.48. The zero-order chi connectivity index (χ0) is 14.5. The Morgan fingerprint density at radius 2 is 2.35 bits per heavy atom. The molecule has 0 unspecified atom stereocenters. The van der Waals surface area contributed by atoms with Gasteiger partial charge in [-0.3, -0.25) is 19.6 Å². The van der Waals surface area contributed by atoms with Crippen LogP contribution in [-0.2, 0) is 6.54 Å². The lowest BCUT2D eigenvalue weighted by molar-refractivity contribution is -0.385. The summed E-state index contributed by atoms with van der Waals surface area (Å²) in [6.07, 6.45) is 3.90. The lowest BCUT2D eigenvalue weighted by Gasteiger charge is -2.05. The van der Waals surface area contributed by atoms with Crippen molar-refractivity contribution >= 4 is 23.2 Å². The van der Waals surface area contributed by atoms with E-state index in [2.05, 4.69) is 15.4 Å². The van der Waals surface area contributed by atoms with E-state index in [1.807, 2.05) is 0 Å². The van der Waals surface area contributed by atoms with Crippen molar-refractivity contribution in [1.29, 1.82) is 0 Å². The molecule has 0 bridgehead atoms. The van der Waals surface area contributed by atoms with Gasteiger partial charge < -0.3 is 5.32 Å². The van der Waals surface area contributed by atoms with Crippen molar-refractivity contribution in [1.82, 2.24) is 20.1 Å². The fourth-order valence-electron chi connectivity index (χ4n) is 1.50. The Bertz CT molecular complexity index is 642. The predicted octanol–water partition coefficient (Wildman–Crippen LogP) is 1.27. The molecule has 1 amide bonds. The van der Waals surface area contributed by atoms with E-state index in [0.717, 1.165) is 6.20 Å². The number of nitro groups is 1. The third-order valence-electron chi connectivity index (χ3n) is 2.45. The number of aromatic nitrogens is 3. The second-order valence-corrected chi connectivity index (χ2v) is 4.23. The average molecular weight is 296 g/mol. The quantitative estimate of drug-likeness (QED) is 0.508. The number of halogens is 1. The van der Waals surface area contributed by atoms with Gasteiger partial charge in [-0.1, -0.05) is 11.6 Å². The molecule has 2 rings (SSSR count). The van der Waals surface area contributed by atoms with E-state index in [4.69, 9.17) is 11.6 Å². The molecular formula is C11H10ClN5O3. The Morgan fingerprint density at radius 1 is 1.55 bits per heavy atom.